The number of piperidine rings is 1. The summed E-state index contributed by atoms with van der Waals surface area (Å²) in [6.07, 6.45) is 2.03. The van der Waals surface area contributed by atoms with Crippen LogP contribution in [-0.4, -0.2) is 50.0 Å². The third kappa shape index (κ3) is 4.34. The smallest absolute Gasteiger partial charge is 0.282 e. The van der Waals surface area contributed by atoms with Crippen molar-refractivity contribution in [2.75, 3.05) is 43.1 Å². The molecule has 2 heterocycles. The number of carbonyl (C=O) groups is 2. The molecule has 0 atom stereocenters. The van der Waals surface area contributed by atoms with Gasteiger partial charge in [0.05, 0.1) is 18.4 Å². The maximum absolute atomic E-state index is 13.7. The van der Waals surface area contributed by atoms with E-state index >= 15 is 0 Å². The first kappa shape index (κ1) is 22.9. The van der Waals surface area contributed by atoms with Gasteiger partial charge in [0.1, 0.15) is 11.4 Å². The number of amides is 2. The molecule has 0 aliphatic carbocycles. The van der Waals surface area contributed by atoms with E-state index in [1.54, 1.807) is 7.11 Å². The summed E-state index contributed by atoms with van der Waals surface area (Å²) in [5.74, 6) is 0.834. The topological polar surface area (TPSA) is 53.1 Å². The summed E-state index contributed by atoms with van der Waals surface area (Å²) in [6, 6.07) is 15.1. The summed E-state index contributed by atoms with van der Waals surface area (Å²) in [5, 5.41) is 0. The molecule has 1 fully saturated rings. The van der Waals surface area contributed by atoms with Crippen LogP contribution in [0.3, 0.4) is 0 Å². The molecule has 33 heavy (non-hydrogen) atoms. The van der Waals surface area contributed by atoms with Gasteiger partial charge in [-0.05, 0) is 74.6 Å². The second-order valence-electron chi connectivity index (χ2n) is 8.76. The first-order valence-corrected chi connectivity index (χ1v) is 11.9. The summed E-state index contributed by atoms with van der Waals surface area (Å²) < 4.78 is 5.28. The van der Waals surface area contributed by atoms with Crippen LogP contribution in [-0.2, 0) is 9.59 Å². The molecule has 2 aromatic rings. The molecular formula is C27H33N3O3. The third-order valence-electron chi connectivity index (χ3n) is 6.77. The zero-order valence-electron chi connectivity index (χ0n) is 20.0. The predicted octanol–water partition coefficient (Wildman–Crippen LogP) is 4.56. The lowest BCUT2D eigenvalue weighted by atomic mass is 9.97. The monoisotopic (exact) mass is 447 g/mol. The standard InChI is InChI=1S/C27H33N3O3/c1-5-28(6-2)21-9-11-22(12-10-21)30-26(31)24(20-7-13-23(33-4)14-8-20)25(27(30)32)29-17-15-19(3)16-18-29/h7-14,19H,5-6,15-18H2,1-4H3. The fourth-order valence-electron chi connectivity index (χ4n) is 4.70. The number of likely N-dealkylation sites (tertiary alicyclic amines) is 1. The van der Waals surface area contributed by atoms with Crippen molar-refractivity contribution in [3.05, 3.63) is 59.8 Å². The van der Waals surface area contributed by atoms with Crippen LogP contribution >= 0.6 is 0 Å². The quantitative estimate of drug-likeness (QED) is 0.583. The lowest BCUT2D eigenvalue weighted by Crippen LogP contribution is -2.38. The Morgan fingerprint density at radius 3 is 2.06 bits per heavy atom. The lowest BCUT2D eigenvalue weighted by molar-refractivity contribution is -0.120. The Morgan fingerprint density at radius 2 is 1.52 bits per heavy atom. The largest absolute Gasteiger partial charge is 0.497 e. The van der Waals surface area contributed by atoms with Crippen LogP contribution < -0.4 is 14.5 Å². The Bertz CT molecular complexity index is 1030. The summed E-state index contributed by atoms with van der Waals surface area (Å²) in [7, 11) is 1.61. The van der Waals surface area contributed by atoms with Crippen molar-refractivity contribution in [2.24, 2.45) is 5.92 Å². The summed E-state index contributed by atoms with van der Waals surface area (Å²) in [5.41, 5.74) is 3.42. The Morgan fingerprint density at radius 1 is 0.909 bits per heavy atom. The van der Waals surface area contributed by atoms with Crippen molar-refractivity contribution in [1.29, 1.82) is 0 Å². The highest BCUT2D eigenvalue weighted by atomic mass is 16.5. The van der Waals surface area contributed by atoms with Crippen molar-refractivity contribution >= 4 is 28.8 Å². The molecule has 2 aliphatic rings. The van der Waals surface area contributed by atoms with Crippen LogP contribution in [0, 0.1) is 5.92 Å². The van der Waals surface area contributed by atoms with Crippen LogP contribution in [0.25, 0.3) is 5.57 Å². The average molecular weight is 448 g/mol. The molecule has 0 radical (unpaired) electrons. The van der Waals surface area contributed by atoms with Crippen LogP contribution in [0.5, 0.6) is 5.75 Å². The zero-order chi connectivity index (χ0) is 23.5. The molecule has 4 rings (SSSR count). The number of methoxy groups -OCH3 is 1. The Hall–Kier alpha value is -3.28. The molecule has 2 amide bonds. The highest BCUT2D eigenvalue weighted by Gasteiger charge is 2.43. The van der Waals surface area contributed by atoms with Gasteiger partial charge < -0.3 is 14.5 Å². The first-order valence-electron chi connectivity index (χ1n) is 11.9. The molecule has 2 aromatic carbocycles. The molecule has 0 aromatic heterocycles. The molecule has 0 unspecified atom stereocenters. The summed E-state index contributed by atoms with van der Waals surface area (Å²) in [4.78, 5) is 33.1. The van der Waals surface area contributed by atoms with Gasteiger partial charge >= 0.3 is 0 Å². The Balaban J connectivity index is 1.72. The van der Waals surface area contributed by atoms with Crippen molar-refractivity contribution < 1.29 is 14.3 Å². The minimum Gasteiger partial charge on any atom is -0.497 e. The number of imide groups is 1. The highest BCUT2D eigenvalue weighted by Crippen LogP contribution is 2.37. The molecule has 6 heteroatoms. The number of nitrogens with zero attached hydrogens (tertiary/aromatic N) is 3. The van der Waals surface area contributed by atoms with E-state index in [9.17, 15) is 9.59 Å². The molecule has 1 saturated heterocycles. The second kappa shape index (κ2) is 9.69. The maximum atomic E-state index is 13.7. The molecule has 2 aliphatic heterocycles. The number of carbonyl (C=O) groups excluding carboxylic acids is 2. The fourth-order valence-corrected chi connectivity index (χ4v) is 4.70. The third-order valence-corrected chi connectivity index (χ3v) is 6.77. The molecule has 0 spiro atoms. The number of ether oxygens (including phenoxy) is 1. The number of hydrogen-bond donors (Lipinski definition) is 0. The number of anilines is 2. The van der Waals surface area contributed by atoms with Gasteiger partial charge in [-0.15, -0.1) is 0 Å². The van der Waals surface area contributed by atoms with E-state index in [0.29, 0.717) is 28.6 Å². The van der Waals surface area contributed by atoms with Crippen molar-refractivity contribution in [3.63, 3.8) is 0 Å². The first-order chi connectivity index (χ1) is 16.0. The van der Waals surface area contributed by atoms with Gasteiger partial charge in [0.2, 0.25) is 0 Å². The van der Waals surface area contributed by atoms with Gasteiger partial charge in [-0.1, -0.05) is 19.1 Å². The Kier molecular flexibility index (Phi) is 6.72. The van der Waals surface area contributed by atoms with E-state index in [1.165, 1.54) is 4.90 Å². The van der Waals surface area contributed by atoms with Gasteiger partial charge in [-0.2, -0.15) is 0 Å². The van der Waals surface area contributed by atoms with Crippen molar-refractivity contribution in [2.45, 2.75) is 33.6 Å². The van der Waals surface area contributed by atoms with E-state index in [1.807, 2.05) is 48.5 Å². The zero-order valence-corrected chi connectivity index (χ0v) is 20.0. The number of hydrogen-bond acceptors (Lipinski definition) is 5. The highest BCUT2D eigenvalue weighted by molar-refractivity contribution is 6.45. The molecule has 0 N–H and O–H groups in total. The fraction of sp³-hybridized carbons (Fsp3) is 0.407. The predicted molar refractivity (Wildman–Crippen MR) is 132 cm³/mol. The minimum atomic E-state index is -0.269. The number of rotatable bonds is 7. The number of benzene rings is 2. The summed E-state index contributed by atoms with van der Waals surface area (Å²) >= 11 is 0. The van der Waals surface area contributed by atoms with Crippen molar-refractivity contribution in [1.82, 2.24) is 4.90 Å². The van der Waals surface area contributed by atoms with Gasteiger partial charge in [0.15, 0.2) is 0 Å². The molecule has 0 saturated carbocycles. The van der Waals surface area contributed by atoms with E-state index in [4.69, 9.17) is 4.74 Å². The van der Waals surface area contributed by atoms with Gasteiger partial charge in [-0.25, -0.2) is 4.90 Å². The van der Waals surface area contributed by atoms with E-state index in [0.717, 1.165) is 50.3 Å². The van der Waals surface area contributed by atoms with Gasteiger partial charge in [-0.3, -0.25) is 9.59 Å². The summed E-state index contributed by atoms with van der Waals surface area (Å²) in [6.45, 7) is 9.83. The molecular weight excluding hydrogens is 414 g/mol. The van der Waals surface area contributed by atoms with E-state index in [-0.39, 0.29) is 11.8 Å². The van der Waals surface area contributed by atoms with Gasteiger partial charge in [0.25, 0.3) is 11.8 Å². The van der Waals surface area contributed by atoms with Gasteiger partial charge in [0, 0.05) is 31.9 Å². The lowest BCUT2D eigenvalue weighted by Gasteiger charge is -2.32. The maximum Gasteiger partial charge on any atom is 0.282 e. The van der Waals surface area contributed by atoms with Crippen LogP contribution in [0.15, 0.2) is 54.2 Å². The van der Waals surface area contributed by atoms with E-state index < -0.39 is 0 Å². The van der Waals surface area contributed by atoms with Crippen LogP contribution in [0.2, 0.25) is 0 Å². The average Bonchev–Trinajstić information content (AvgIpc) is 3.11. The minimum absolute atomic E-state index is 0.240. The molecule has 6 nitrogen and oxygen atoms in total. The van der Waals surface area contributed by atoms with Crippen LogP contribution in [0.1, 0.15) is 39.2 Å². The van der Waals surface area contributed by atoms with E-state index in [2.05, 4.69) is 30.6 Å². The normalized spacial score (nSPS) is 17.2. The SMILES string of the molecule is CCN(CC)c1ccc(N2C(=O)C(c3ccc(OC)cc3)=C(N3CCC(C)CC3)C2=O)cc1. The second-order valence-corrected chi connectivity index (χ2v) is 8.76. The van der Waals surface area contributed by atoms with Crippen molar-refractivity contribution in [3.8, 4) is 5.75 Å². The van der Waals surface area contributed by atoms with Crippen LogP contribution in [0.4, 0.5) is 11.4 Å². The Labute approximate surface area is 196 Å². The molecule has 174 valence electrons. The molecule has 0 bridgehead atoms.